The van der Waals surface area contributed by atoms with Crippen molar-refractivity contribution >= 4 is 17.7 Å². The predicted octanol–water partition coefficient (Wildman–Crippen LogP) is 4.13. The zero-order valence-electron chi connectivity index (χ0n) is 10.1. The summed E-state index contributed by atoms with van der Waals surface area (Å²) in [5.41, 5.74) is 2.50. The maximum absolute atomic E-state index is 6.12. The van der Waals surface area contributed by atoms with Crippen molar-refractivity contribution in [2.24, 2.45) is 0 Å². The second-order valence-corrected chi connectivity index (χ2v) is 4.26. The van der Waals surface area contributed by atoms with Crippen LogP contribution in [0.1, 0.15) is 32.3 Å². The van der Waals surface area contributed by atoms with E-state index in [4.69, 9.17) is 11.6 Å². The van der Waals surface area contributed by atoms with Crippen LogP contribution in [0.25, 0.3) is 6.08 Å². The fraction of sp³-hybridized carbons (Fsp3) is 0.429. The molecule has 0 unspecified atom stereocenters. The van der Waals surface area contributed by atoms with E-state index < -0.39 is 0 Å². The molecular formula is C14H20ClN. The van der Waals surface area contributed by atoms with Crippen LogP contribution in [0, 0.1) is 0 Å². The summed E-state index contributed by atoms with van der Waals surface area (Å²) in [6.07, 6.45) is 4.41. The van der Waals surface area contributed by atoms with E-state index in [1.165, 1.54) is 12.0 Å². The third-order valence-corrected chi connectivity index (χ3v) is 2.84. The van der Waals surface area contributed by atoms with Crippen LogP contribution in [0.5, 0.6) is 0 Å². The second kappa shape index (κ2) is 7.48. The minimum absolute atomic E-state index is 0.823. The van der Waals surface area contributed by atoms with Gasteiger partial charge in [0.15, 0.2) is 0 Å². The summed E-state index contributed by atoms with van der Waals surface area (Å²) in [4.78, 5) is 0. The average molecular weight is 238 g/mol. The van der Waals surface area contributed by atoms with Crippen molar-refractivity contribution in [3.05, 3.63) is 40.4 Å². The van der Waals surface area contributed by atoms with Gasteiger partial charge in [0.2, 0.25) is 0 Å². The Labute approximate surface area is 104 Å². The van der Waals surface area contributed by atoms with Gasteiger partial charge in [-0.1, -0.05) is 55.3 Å². The van der Waals surface area contributed by atoms with Gasteiger partial charge in [-0.3, -0.25) is 0 Å². The normalized spacial score (nSPS) is 11.8. The topological polar surface area (TPSA) is 12.0 Å². The number of hydrogen-bond acceptors (Lipinski definition) is 1. The molecule has 0 aliphatic heterocycles. The van der Waals surface area contributed by atoms with E-state index in [9.17, 15) is 0 Å². The third-order valence-electron chi connectivity index (χ3n) is 2.50. The molecule has 0 aromatic heterocycles. The highest BCUT2D eigenvalue weighted by atomic mass is 35.5. The molecule has 88 valence electrons. The third kappa shape index (κ3) is 4.38. The molecule has 0 radical (unpaired) electrons. The van der Waals surface area contributed by atoms with Gasteiger partial charge in [-0.15, -0.1) is 0 Å². The zero-order valence-corrected chi connectivity index (χ0v) is 10.8. The van der Waals surface area contributed by atoms with Crippen LogP contribution in [0.4, 0.5) is 0 Å². The van der Waals surface area contributed by atoms with Crippen molar-refractivity contribution in [1.29, 1.82) is 0 Å². The van der Waals surface area contributed by atoms with Gasteiger partial charge in [0.1, 0.15) is 0 Å². The molecule has 1 N–H and O–H groups in total. The van der Waals surface area contributed by atoms with Crippen molar-refractivity contribution in [2.75, 3.05) is 13.1 Å². The fourth-order valence-electron chi connectivity index (χ4n) is 1.52. The first-order valence-electron chi connectivity index (χ1n) is 5.92. The van der Waals surface area contributed by atoms with Crippen molar-refractivity contribution in [2.45, 2.75) is 26.7 Å². The van der Waals surface area contributed by atoms with E-state index in [2.05, 4.69) is 31.3 Å². The summed E-state index contributed by atoms with van der Waals surface area (Å²) in [6.45, 7) is 6.38. The van der Waals surface area contributed by atoms with E-state index >= 15 is 0 Å². The fourth-order valence-corrected chi connectivity index (χ4v) is 1.71. The quantitative estimate of drug-likeness (QED) is 0.734. The molecule has 0 saturated heterocycles. The summed E-state index contributed by atoms with van der Waals surface area (Å²) in [5.74, 6) is 0. The van der Waals surface area contributed by atoms with E-state index in [0.29, 0.717) is 0 Å². The van der Waals surface area contributed by atoms with Crippen molar-refractivity contribution in [3.63, 3.8) is 0 Å². The van der Waals surface area contributed by atoms with Crippen LogP contribution in [0.15, 0.2) is 29.8 Å². The Bertz CT molecular complexity index is 344. The molecule has 1 nitrogen and oxygen atoms in total. The number of hydrogen-bond donors (Lipinski definition) is 1. The largest absolute Gasteiger partial charge is 0.313 e. The molecule has 16 heavy (non-hydrogen) atoms. The van der Waals surface area contributed by atoms with E-state index in [0.717, 1.165) is 30.1 Å². The highest BCUT2D eigenvalue weighted by Crippen LogP contribution is 2.18. The second-order valence-electron chi connectivity index (χ2n) is 3.85. The molecule has 1 rings (SSSR count). The molecule has 0 aliphatic carbocycles. The molecule has 2 heteroatoms. The Morgan fingerprint density at radius 1 is 1.31 bits per heavy atom. The molecule has 0 spiro atoms. The molecule has 1 aromatic carbocycles. The van der Waals surface area contributed by atoms with Crippen molar-refractivity contribution in [3.8, 4) is 0 Å². The highest BCUT2D eigenvalue weighted by Gasteiger charge is 1.98. The van der Waals surface area contributed by atoms with Gasteiger partial charge in [0.25, 0.3) is 0 Å². The standard InChI is InChI=1S/C14H20ClN/c1-3-9-16-11-12(4-2)10-13-7-5-6-8-14(13)15/h5-8,10,16H,3-4,9,11H2,1-2H3. The lowest BCUT2D eigenvalue weighted by atomic mass is 10.1. The van der Waals surface area contributed by atoms with E-state index in [1.807, 2.05) is 18.2 Å². The van der Waals surface area contributed by atoms with Crippen LogP contribution in [0.3, 0.4) is 0 Å². The maximum Gasteiger partial charge on any atom is 0.0478 e. The Hall–Kier alpha value is -0.790. The SMILES string of the molecule is CCCNCC(=Cc1ccccc1Cl)CC. The molecule has 0 heterocycles. The summed E-state index contributed by atoms with van der Waals surface area (Å²) in [7, 11) is 0. The predicted molar refractivity (Wildman–Crippen MR) is 72.9 cm³/mol. The lowest BCUT2D eigenvalue weighted by molar-refractivity contribution is 0.706. The van der Waals surface area contributed by atoms with Crippen LogP contribution < -0.4 is 5.32 Å². The van der Waals surface area contributed by atoms with Gasteiger partial charge in [-0.25, -0.2) is 0 Å². The van der Waals surface area contributed by atoms with Gasteiger partial charge >= 0.3 is 0 Å². The van der Waals surface area contributed by atoms with E-state index in [-0.39, 0.29) is 0 Å². The monoisotopic (exact) mass is 237 g/mol. The van der Waals surface area contributed by atoms with Gasteiger partial charge in [-0.05, 0) is 31.0 Å². The van der Waals surface area contributed by atoms with Crippen molar-refractivity contribution in [1.82, 2.24) is 5.32 Å². The molecule has 0 atom stereocenters. The minimum atomic E-state index is 0.823. The molecule has 0 saturated carbocycles. The first-order chi connectivity index (χ1) is 7.77. The Morgan fingerprint density at radius 3 is 2.69 bits per heavy atom. The molecular weight excluding hydrogens is 218 g/mol. The van der Waals surface area contributed by atoms with Crippen LogP contribution in [-0.4, -0.2) is 13.1 Å². The Balaban J connectivity index is 2.68. The lowest BCUT2D eigenvalue weighted by Gasteiger charge is -2.07. The zero-order chi connectivity index (χ0) is 11.8. The smallest absolute Gasteiger partial charge is 0.0478 e. The number of halogens is 1. The first kappa shape index (κ1) is 13.3. The molecule has 1 aromatic rings. The summed E-state index contributed by atoms with van der Waals surface area (Å²) >= 11 is 6.12. The lowest BCUT2D eigenvalue weighted by Crippen LogP contribution is -2.17. The van der Waals surface area contributed by atoms with Crippen LogP contribution in [0.2, 0.25) is 5.02 Å². The average Bonchev–Trinajstić information content (AvgIpc) is 2.30. The van der Waals surface area contributed by atoms with Gasteiger partial charge in [-0.2, -0.15) is 0 Å². The highest BCUT2D eigenvalue weighted by molar-refractivity contribution is 6.32. The first-order valence-corrected chi connectivity index (χ1v) is 6.30. The maximum atomic E-state index is 6.12. The summed E-state index contributed by atoms with van der Waals surface area (Å²) in [6, 6.07) is 7.96. The number of benzene rings is 1. The van der Waals surface area contributed by atoms with Gasteiger partial charge in [0.05, 0.1) is 0 Å². The number of rotatable bonds is 6. The number of nitrogens with one attached hydrogen (secondary N) is 1. The summed E-state index contributed by atoms with van der Waals surface area (Å²) in [5, 5.41) is 4.24. The molecule has 0 aliphatic rings. The van der Waals surface area contributed by atoms with E-state index in [1.54, 1.807) is 0 Å². The molecule has 0 amide bonds. The minimum Gasteiger partial charge on any atom is -0.313 e. The van der Waals surface area contributed by atoms with Crippen molar-refractivity contribution < 1.29 is 0 Å². The van der Waals surface area contributed by atoms with Gasteiger partial charge < -0.3 is 5.32 Å². The Morgan fingerprint density at radius 2 is 2.06 bits per heavy atom. The Kier molecular flexibility index (Phi) is 6.20. The summed E-state index contributed by atoms with van der Waals surface area (Å²) < 4.78 is 0. The molecule has 0 bridgehead atoms. The van der Waals surface area contributed by atoms with Crippen LogP contribution >= 0.6 is 11.6 Å². The van der Waals surface area contributed by atoms with Crippen LogP contribution in [-0.2, 0) is 0 Å². The van der Waals surface area contributed by atoms with Gasteiger partial charge in [0, 0.05) is 11.6 Å². The molecule has 0 fully saturated rings.